The average Bonchev–Trinajstić information content (AvgIpc) is 2.65. The standard InChI is InChI=1S/C22H19Cl2NO2/c1-13-9-10-20-15(11-13)21(14-5-2-3-8-19(14)25-20)22(26)27-12-16-17(23)6-4-7-18(16)24/h2-8,13H,9-12H2,1H3/t13-/m0/s1. The lowest BCUT2D eigenvalue weighted by Crippen LogP contribution is -2.19. The highest BCUT2D eigenvalue weighted by atomic mass is 35.5. The maximum atomic E-state index is 13.1. The minimum absolute atomic E-state index is 0.0400. The highest BCUT2D eigenvalue weighted by molar-refractivity contribution is 6.36. The highest BCUT2D eigenvalue weighted by Gasteiger charge is 2.26. The van der Waals surface area contributed by atoms with Crippen molar-refractivity contribution < 1.29 is 9.53 Å². The number of nitrogens with zero attached hydrogens (tertiary/aromatic N) is 1. The summed E-state index contributed by atoms with van der Waals surface area (Å²) in [5.74, 6) is 0.167. The first-order valence-corrected chi connectivity index (χ1v) is 9.80. The van der Waals surface area contributed by atoms with Crippen molar-refractivity contribution in [2.75, 3.05) is 0 Å². The van der Waals surface area contributed by atoms with Crippen molar-refractivity contribution in [2.24, 2.45) is 5.92 Å². The Balaban J connectivity index is 1.74. The molecule has 1 aliphatic carbocycles. The molecule has 0 N–H and O–H groups in total. The molecule has 1 aromatic heterocycles. The van der Waals surface area contributed by atoms with Crippen LogP contribution in [0.25, 0.3) is 10.9 Å². The molecule has 1 atom stereocenters. The van der Waals surface area contributed by atoms with Gasteiger partial charge in [0.2, 0.25) is 0 Å². The first kappa shape index (κ1) is 18.3. The number of ether oxygens (including phenoxy) is 1. The second kappa shape index (κ2) is 7.49. The Bertz CT molecular complexity index is 1010. The van der Waals surface area contributed by atoms with Crippen LogP contribution in [0.15, 0.2) is 42.5 Å². The fraction of sp³-hybridized carbons (Fsp3) is 0.273. The van der Waals surface area contributed by atoms with E-state index in [1.54, 1.807) is 18.2 Å². The summed E-state index contributed by atoms with van der Waals surface area (Å²) >= 11 is 12.4. The van der Waals surface area contributed by atoms with Crippen LogP contribution in [0, 0.1) is 5.92 Å². The van der Waals surface area contributed by atoms with Crippen molar-refractivity contribution in [1.82, 2.24) is 4.98 Å². The zero-order valence-electron chi connectivity index (χ0n) is 15.0. The van der Waals surface area contributed by atoms with Gasteiger partial charge in [0.05, 0.1) is 11.1 Å². The topological polar surface area (TPSA) is 39.2 Å². The van der Waals surface area contributed by atoms with E-state index in [2.05, 4.69) is 6.92 Å². The summed E-state index contributed by atoms with van der Waals surface area (Å²) in [5.41, 5.74) is 4.10. The van der Waals surface area contributed by atoms with Crippen LogP contribution in [0.4, 0.5) is 0 Å². The summed E-state index contributed by atoms with van der Waals surface area (Å²) < 4.78 is 5.65. The Morgan fingerprint density at radius 2 is 1.89 bits per heavy atom. The minimum Gasteiger partial charge on any atom is -0.457 e. The molecule has 0 unspecified atom stereocenters. The summed E-state index contributed by atoms with van der Waals surface area (Å²) in [6.45, 7) is 2.25. The van der Waals surface area contributed by atoms with Crippen LogP contribution in [0.2, 0.25) is 10.0 Å². The van der Waals surface area contributed by atoms with Gasteiger partial charge >= 0.3 is 5.97 Å². The molecule has 27 heavy (non-hydrogen) atoms. The first-order valence-electron chi connectivity index (χ1n) is 9.05. The van der Waals surface area contributed by atoms with Crippen molar-refractivity contribution >= 4 is 40.1 Å². The molecule has 0 bridgehead atoms. The highest BCUT2D eigenvalue weighted by Crippen LogP contribution is 2.32. The van der Waals surface area contributed by atoms with Crippen LogP contribution in [0.5, 0.6) is 0 Å². The molecule has 3 aromatic rings. The molecule has 0 saturated carbocycles. The van der Waals surface area contributed by atoms with Gasteiger partial charge in [-0.3, -0.25) is 4.98 Å². The molecule has 4 rings (SSSR count). The van der Waals surface area contributed by atoms with Gasteiger partial charge in [-0.05, 0) is 48.9 Å². The lowest BCUT2D eigenvalue weighted by molar-refractivity contribution is 0.0473. The molecule has 0 spiro atoms. The Hall–Kier alpha value is -2.10. The van der Waals surface area contributed by atoms with Crippen LogP contribution in [-0.4, -0.2) is 11.0 Å². The molecular formula is C22H19Cl2NO2. The lowest BCUT2D eigenvalue weighted by atomic mass is 9.84. The SMILES string of the molecule is C[C@H]1CCc2nc3ccccc3c(C(=O)OCc3c(Cl)cccc3Cl)c2C1. The van der Waals surface area contributed by atoms with Gasteiger partial charge in [0.15, 0.2) is 0 Å². The number of rotatable bonds is 3. The molecule has 138 valence electrons. The third-order valence-electron chi connectivity index (χ3n) is 5.12. The molecule has 2 aromatic carbocycles. The number of aryl methyl sites for hydroxylation is 1. The summed E-state index contributed by atoms with van der Waals surface area (Å²) in [6.07, 6.45) is 2.81. The number of esters is 1. The Kier molecular flexibility index (Phi) is 5.07. The third-order valence-corrected chi connectivity index (χ3v) is 5.83. The average molecular weight is 400 g/mol. The molecular weight excluding hydrogens is 381 g/mol. The van der Waals surface area contributed by atoms with Gasteiger partial charge in [-0.15, -0.1) is 0 Å². The molecule has 0 amide bonds. The second-order valence-electron chi connectivity index (χ2n) is 7.05. The van der Waals surface area contributed by atoms with E-state index in [1.807, 2.05) is 24.3 Å². The monoisotopic (exact) mass is 399 g/mol. The first-order chi connectivity index (χ1) is 13.0. The van der Waals surface area contributed by atoms with Crippen LogP contribution in [0.1, 0.15) is 40.5 Å². The third kappa shape index (κ3) is 3.54. The van der Waals surface area contributed by atoms with Crippen molar-refractivity contribution in [2.45, 2.75) is 32.8 Å². The van der Waals surface area contributed by atoms with Crippen LogP contribution in [0.3, 0.4) is 0 Å². The number of para-hydroxylation sites is 1. The molecule has 0 fully saturated rings. The van der Waals surface area contributed by atoms with Crippen LogP contribution >= 0.6 is 23.2 Å². The summed E-state index contributed by atoms with van der Waals surface area (Å²) in [6, 6.07) is 13.0. The van der Waals surface area contributed by atoms with E-state index < -0.39 is 0 Å². The van der Waals surface area contributed by atoms with E-state index in [1.165, 1.54) is 0 Å². The van der Waals surface area contributed by atoms with E-state index in [0.29, 0.717) is 27.1 Å². The number of fused-ring (bicyclic) bond motifs is 2. The number of carbonyl (C=O) groups excluding carboxylic acids is 1. The predicted molar refractivity (Wildman–Crippen MR) is 109 cm³/mol. The number of pyridine rings is 1. The minimum atomic E-state index is -0.352. The fourth-order valence-corrected chi connectivity index (χ4v) is 4.18. The Morgan fingerprint density at radius 3 is 2.67 bits per heavy atom. The smallest absolute Gasteiger partial charge is 0.339 e. The van der Waals surface area contributed by atoms with E-state index in [4.69, 9.17) is 32.9 Å². The van der Waals surface area contributed by atoms with E-state index in [9.17, 15) is 4.79 Å². The number of halogens is 2. The van der Waals surface area contributed by atoms with Gasteiger partial charge < -0.3 is 4.74 Å². The van der Waals surface area contributed by atoms with E-state index in [-0.39, 0.29) is 12.6 Å². The maximum Gasteiger partial charge on any atom is 0.339 e. The fourth-order valence-electron chi connectivity index (χ4n) is 3.68. The van der Waals surface area contributed by atoms with Gasteiger partial charge in [-0.2, -0.15) is 0 Å². The number of aromatic nitrogens is 1. The van der Waals surface area contributed by atoms with Crippen molar-refractivity contribution in [1.29, 1.82) is 0 Å². The molecule has 0 aliphatic heterocycles. The van der Waals surface area contributed by atoms with Gasteiger partial charge in [-0.1, -0.05) is 54.4 Å². The van der Waals surface area contributed by atoms with Crippen molar-refractivity contribution in [3.8, 4) is 0 Å². The quantitative estimate of drug-likeness (QED) is 0.505. The predicted octanol–water partition coefficient (Wildman–Crippen LogP) is 6.02. The van der Waals surface area contributed by atoms with Gasteiger partial charge in [0, 0.05) is 26.7 Å². The Morgan fingerprint density at radius 1 is 1.15 bits per heavy atom. The number of carbonyl (C=O) groups is 1. The van der Waals surface area contributed by atoms with Crippen molar-refractivity contribution in [3.05, 3.63) is 74.9 Å². The van der Waals surface area contributed by atoms with Gasteiger partial charge in [-0.25, -0.2) is 4.79 Å². The summed E-state index contributed by atoms with van der Waals surface area (Å²) in [7, 11) is 0. The van der Waals surface area contributed by atoms with Crippen LogP contribution < -0.4 is 0 Å². The van der Waals surface area contributed by atoms with E-state index >= 15 is 0 Å². The lowest BCUT2D eigenvalue weighted by Gasteiger charge is -2.24. The molecule has 5 heteroatoms. The van der Waals surface area contributed by atoms with Gasteiger partial charge in [0.1, 0.15) is 6.61 Å². The molecule has 3 nitrogen and oxygen atoms in total. The molecule has 0 radical (unpaired) electrons. The van der Waals surface area contributed by atoms with Crippen molar-refractivity contribution in [3.63, 3.8) is 0 Å². The maximum absolute atomic E-state index is 13.1. The Labute approximate surface area is 168 Å². The molecule has 1 aliphatic rings. The number of benzene rings is 2. The zero-order chi connectivity index (χ0) is 19.0. The number of hydrogen-bond donors (Lipinski definition) is 0. The molecule has 1 heterocycles. The normalized spacial score (nSPS) is 16.2. The summed E-state index contributed by atoms with van der Waals surface area (Å²) in [4.78, 5) is 17.9. The largest absolute Gasteiger partial charge is 0.457 e. The number of hydrogen-bond acceptors (Lipinski definition) is 3. The van der Waals surface area contributed by atoms with Crippen LogP contribution in [-0.2, 0) is 24.2 Å². The van der Waals surface area contributed by atoms with E-state index in [0.717, 1.165) is 41.4 Å². The summed E-state index contributed by atoms with van der Waals surface area (Å²) in [5, 5.41) is 1.82. The van der Waals surface area contributed by atoms with Gasteiger partial charge in [0.25, 0.3) is 0 Å². The zero-order valence-corrected chi connectivity index (χ0v) is 16.5. The molecule has 0 saturated heterocycles. The second-order valence-corrected chi connectivity index (χ2v) is 7.87.